The number of nitro groups is 2. The van der Waals surface area contributed by atoms with E-state index < -0.39 is 32.8 Å². The minimum absolute atomic E-state index is 0.0820. The third kappa shape index (κ3) is 3.63. The van der Waals surface area contributed by atoms with E-state index in [-0.39, 0.29) is 11.3 Å². The van der Waals surface area contributed by atoms with E-state index in [9.17, 15) is 29.8 Å². The van der Waals surface area contributed by atoms with Gasteiger partial charge in [-0.1, -0.05) is 0 Å². The second-order valence-corrected chi connectivity index (χ2v) is 5.55. The second-order valence-electron chi connectivity index (χ2n) is 5.55. The summed E-state index contributed by atoms with van der Waals surface area (Å²) < 4.78 is 10.2. The number of carbonyl (C=O) groups excluding carboxylic acids is 1. The average Bonchev–Trinajstić information content (AvgIpc) is 2.61. The summed E-state index contributed by atoms with van der Waals surface area (Å²) in [5.74, 6) is -0.921. The number of ether oxygens (including phenoxy) is 1. The predicted octanol–water partition coefficient (Wildman–Crippen LogP) is 3.14. The van der Waals surface area contributed by atoms with Gasteiger partial charge >= 0.3 is 11.6 Å². The van der Waals surface area contributed by atoms with E-state index in [0.29, 0.717) is 16.5 Å². The number of non-ortho nitro benzene ring substituents is 2. The lowest BCUT2D eigenvalue weighted by Crippen LogP contribution is -2.10. The van der Waals surface area contributed by atoms with Gasteiger partial charge in [-0.15, -0.1) is 0 Å². The Kier molecular flexibility index (Phi) is 4.38. The van der Waals surface area contributed by atoms with Gasteiger partial charge in [-0.3, -0.25) is 20.2 Å². The van der Waals surface area contributed by atoms with E-state index in [1.165, 1.54) is 24.3 Å². The van der Waals surface area contributed by atoms with Gasteiger partial charge in [-0.25, -0.2) is 9.59 Å². The molecule has 0 atom stereocenters. The van der Waals surface area contributed by atoms with Crippen molar-refractivity contribution in [2.75, 3.05) is 0 Å². The molecule has 0 saturated carbocycles. The molecule has 0 spiro atoms. The molecule has 0 fully saturated rings. The molecule has 1 heterocycles. The molecule has 3 aromatic rings. The Morgan fingerprint density at radius 2 is 1.63 bits per heavy atom. The molecule has 10 nitrogen and oxygen atoms in total. The number of carbonyl (C=O) groups is 1. The van der Waals surface area contributed by atoms with Crippen LogP contribution in [0.15, 0.2) is 51.7 Å². The molecule has 0 aliphatic heterocycles. The van der Waals surface area contributed by atoms with Gasteiger partial charge in [0.15, 0.2) is 0 Å². The van der Waals surface area contributed by atoms with Crippen LogP contribution in [0.25, 0.3) is 11.0 Å². The van der Waals surface area contributed by atoms with Gasteiger partial charge in [-0.05, 0) is 30.7 Å². The first-order valence-corrected chi connectivity index (χ1v) is 7.45. The summed E-state index contributed by atoms with van der Waals surface area (Å²) in [5, 5.41) is 22.4. The monoisotopic (exact) mass is 370 g/mol. The number of benzene rings is 2. The number of rotatable bonds is 4. The Morgan fingerprint density at radius 3 is 2.22 bits per heavy atom. The maximum Gasteiger partial charge on any atom is 0.344 e. The summed E-state index contributed by atoms with van der Waals surface area (Å²) >= 11 is 0. The Balaban J connectivity index is 1.98. The molecule has 1 aromatic heterocycles. The largest absolute Gasteiger partial charge is 0.423 e. The van der Waals surface area contributed by atoms with Crippen molar-refractivity contribution < 1.29 is 23.8 Å². The Hall–Kier alpha value is -4.08. The molecule has 27 heavy (non-hydrogen) atoms. The van der Waals surface area contributed by atoms with Crippen LogP contribution in [0, 0.1) is 27.2 Å². The topological polar surface area (TPSA) is 143 Å². The highest BCUT2D eigenvalue weighted by Crippen LogP contribution is 2.26. The van der Waals surface area contributed by atoms with E-state index >= 15 is 0 Å². The first kappa shape index (κ1) is 17.7. The van der Waals surface area contributed by atoms with Crippen molar-refractivity contribution in [2.24, 2.45) is 0 Å². The number of nitro benzene ring substituents is 2. The SMILES string of the molecule is Cc1cc(=O)oc2ccc(OC(=O)c3cc([N+](=O)[O-])cc([N+](=O)[O-])c3)cc12. The number of nitrogens with zero attached hydrogens (tertiary/aromatic N) is 2. The first-order chi connectivity index (χ1) is 12.7. The van der Waals surface area contributed by atoms with Crippen molar-refractivity contribution in [2.45, 2.75) is 6.92 Å². The fourth-order valence-corrected chi connectivity index (χ4v) is 2.45. The van der Waals surface area contributed by atoms with Crippen LogP contribution >= 0.6 is 0 Å². The van der Waals surface area contributed by atoms with Crippen molar-refractivity contribution >= 4 is 28.3 Å². The van der Waals surface area contributed by atoms with E-state index in [2.05, 4.69) is 0 Å². The average molecular weight is 370 g/mol. The van der Waals surface area contributed by atoms with E-state index in [1.807, 2.05) is 0 Å². The van der Waals surface area contributed by atoms with Gasteiger partial charge in [0.2, 0.25) is 0 Å². The van der Waals surface area contributed by atoms with Crippen LogP contribution in [0.4, 0.5) is 11.4 Å². The zero-order chi connectivity index (χ0) is 19.7. The van der Waals surface area contributed by atoms with Gasteiger partial charge in [0, 0.05) is 23.6 Å². The summed E-state index contributed by atoms with van der Waals surface area (Å²) in [5.41, 5.74) is -1.17. The summed E-state index contributed by atoms with van der Waals surface area (Å²) in [6.45, 7) is 1.68. The van der Waals surface area contributed by atoms with Crippen molar-refractivity contribution in [1.82, 2.24) is 0 Å². The van der Waals surface area contributed by atoms with E-state index in [1.54, 1.807) is 6.92 Å². The van der Waals surface area contributed by atoms with Crippen LogP contribution in [0.1, 0.15) is 15.9 Å². The molecule has 0 amide bonds. The third-order valence-electron chi connectivity index (χ3n) is 3.69. The highest BCUT2D eigenvalue weighted by atomic mass is 16.6. The molecule has 0 saturated heterocycles. The number of esters is 1. The highest BCUT2D eigenvalue weighted by molar-refractivity contribution is 5.93. The standard InChI is InChI=1S/C17H10N2O8/c1-9-4-16(20)27-15-3-2-13(8-14(9)15)26-17(21)10-5-11(18(22)23)7-12(6-10)19(24)25/h2-8H,1H3. The third-order valence-corrected chi connectivity index (χ3v) is 3.69. The summed E-state index contributed by atoms with van der Waals surface area (Å²) in [6.07, 6.45) is 0. The molecule has 3 rings (SSSR count). The van der Waals surface area contributed by atoms with Crippen molar-refractivity contribution in [3.8, 4) is 5.75 Å². The molecule has 136 valence electrons. The van der Waals surface area contributed by atoms with Gasteiger partial charge in [0.05, 0.1) is 21.5 Å². The predicted molar refractivity (Wildman–Crippen MR) is 91.9 cm³/mol. The van der Waals surface area contributed by atoms with Crippen molar-refractivity contribution in [1.29, 1.82) is 0 Å². The molecule has 0 unspecified atom stereocenters. The van der Waals surface area contributed by atoms with Crippen molar-refractivity contribution in [3.05, 3.63) is 84.2 Å². The molecular weight excluding hydrogens is 360 g/mol. The molecule has 0 aliphatic carbocycles. The van der Waals surface area contributed by atoms with Crippen LogP contribution in [-0.2, 0) is 0 Å². The maximum atomic E-state index is 12.3. The Morgan fingerprint density at radius 1 is 1.00 bits per heavy atom. The van der Waals surface area contributed by atoms with E-state index in [0.717, 1.165) is 18.2 Å². The molecule has 2 aromatic carbocycles. The normalized spacial score (nSPS) is 10.6. The van der Waals surface area contributed by atoms with Crippen LogP contribution in [0.2, 0.25) is 0 Å². The van der Waals surface area contributed by atoms with E-state index in [4.69, 9.17) is 9.15 Å². The fourth-order valence-electron chi connectivity index (χ4n) is 2.45. The smallest absolute Gasteiger partial charge is 0.344 e. The molecule has 0 N–H and O–H groups in total. The number of aryl methyl sites for hydroxylation is 1. The van der Waals surface area contributed by atoms with Gasteiger partial charge in [0.1, 0.15) is 11.3 Å². The lowest BCUT2D eigenvalue weighted by molar-refractivity contribution is -0.394. The molecule has 0 aliphatic rings. The molecule has 0 radical (unpaired) electrons. The minimum atomic E-state index is -1.00. The van der Waals surface area contributed by atoms with Crippen LogP contribution in [-0.4, -0.2) is 15.8 Å². The van der Waals surface area contributed by atoms with Crippen LogP contribution < -0.4 is 10.4 Å². The zero-order valence-electron chi connectivity index (χ0n) is 13.7. The maximum absolute atomic E-state index is 12.3. The molecule has 10 heteroatoms. The second kappa shape index (κ2) is 6.67. The van der Waals surface area contributed by atoms with Gasteiger partial charge in [-0.2, -0.15) is 0 Å². The summed E-state index contributed by atoms with van der Waals surface area (Å²) in [6, 6.07) is 8.06. The van der Waals surface area contributed by atoms with Crippen molar-refractivity contribution in [3.63, 3.8) is 0 Å². The van der Waals surface area contributed by atoms with Crippen LogP contribution in [0.3, 0.4) is 0 Å². The number of hydrogen-bond acceptors (Lipinski definition) is 8. The number of hydrogen-bond donors (Lipinski definition) is 0. The lowest BCUT2D eigenvalue weighted by atomic mass is 10.1. The quantitative estimate of drug-likeness (QED) is 0.224. The van der Waals surface area contributed by atoms with Gasteiger partial charge in [0.25, 0.3) is 11.4 Å². The van der Waals surface area contributed by atoms with Gasteiger partial charge < -0.3 is 9.15 Å². The number of fused-ring (bicyclic) bond motifs is 1. The lowest BCUT2D eigenvalue weighted by Gasteiger charge is -2.06. The first-order valence-electron chi connectivity index (χ1n) is 7.45. The Labute approximate surface area is 149 Å². The highest BCUT2D eigenvalue weighted by Gasteiger charge is 2.21. The zero-order valence-corrected chi connectivity index (χ0v) is 13.7. The molecule has 0 bridgehead atoms. The minimum Gasteiger partial charge on any atom is -0.423 e. The fraction of sp³-hybridized carbons (Fsp3) is 0.0588. The van der Waals surface area contributed by atoms with Crippen LogP contribution in [0.5, 0.6) is 5.75 Å². The molecular formula is C17H10N2O8. The summed E-state index contributed by atoms with van der Waals surface area (Å²) in [4.78, 5) is 43.8. The Bertz CT molecular complexity index is 1130. The summed E-state index contributed by atoms with van der Waals surface area (Å²) in [7, 11) is 0.